The second-order valence-corrected chi connectivity index (χ2v) is 4.91. The summed E-state index contributed by atoms with van der Waals surface area (Å²) < 4.78 is 0. The molecular formula is C13H17N3O3. The van der Waals surface area contributed by atoms with Gasteiger partial charge in [-0.15, -0.1) is 0 Å². The molecule has 102 valence electrons. The van der Waals surface area contributed by atoms with E-state index >= 15 is 0 Å². The molecule has 0 aliphatic heterocycles. The van der Waals surface area contributed by atoms with Gasteiger partial charge in [0.1, 0.15) is 0 Å². The average Bonchev–Trinajstić information content (AvgIpc) is 2.87. The van der Waals surface area contributed by atoms with Crippen LogP contribution >= 0.6 is 0 Å². The Hall–Kier alpha value is -1.98. The molecule has 1 aromatic heterocycles. The third-order valence-corrected chi connectivity index (χ3v) is 3.43. The van der Waals surface area contributed by atoms with Gasteiger partial charge in [-0.2, -0.15) is 0 Å². The summed E-state index contributed by atoms with van der Waals surface area (Å²) in [4.78, 5) is 31.0. The van der Waals surface area contributed by atoms with E-state index < -0.39 is 5.97 Å². The molecule has 1 amide bonds. The molecule has 6 nitrogen and oxygen atoms in total. The Balaban J connectivity index is 1.82. The first-order valence-electron chi connectivity index (χ1n) is 6.34. The number of nitrogens with one attached hydrogen (secondary N) is 1. The predicted molar refractivity (Wildman–Crippen MR) is 67.1 cm³/mol. The molecule has 0 spiro atoms. The average molecular weight is 263 g/mol. The van der Waals surface area contributed by atoms with Crippen molar-refractivity contribution in [2.75, 3.05) is 0 Å². The number of hydrogen-bond donors (Lipinski definition) is 2. The molecule has 0 radical (unpaired) electrons. The van der Waals surface area contributed by atoms with Crippen LogP contribution in [0, 0.1) is 18.8 Å². The zero-order chi connectivity index (χ0) is 13.8. The summed E-state index contributed by atoms with van der Waals surface area (Å²) in [5.41, 5.74) is 1.53. The van der Waals surface area contributed by atoms with E-state index in [1.165, 1.54) is 0 Å². The van der Waals surface area contributed by atoms with Crippen LogP contribution in [-0.4, -0.2) is 27.0 Å². The summed E-state index contributed by atoms with van der Waals surface area (Å²) >= 11 is 0. The van der Waals surface area contributed by atoms with Crippen LogP contribution in [0.1, 0.15) is 30.7 Å². The molecular weight excluding hydrogens is 246 g/mol. The second-order valence-electron chi connectivity index (χ2n) is 4.91. The lowest BCUT2D eigenvalue weighted by molar-refractivity contribution is -0.141. The molecule has 1 aliphatic rings. The zero-order valence-corrected chi connectivity index (χ0v) is 10.8. The lowest BCUT2D eigenvalue weighted by Crippen LogP contribution is -2.29. The van der Waals surface area contributed by atoms with Crippen LogP contribution in [0.5, 0.6) is 0 Å². The van der Waals surface area contributed by atoms with E-state index in [-0.39, 0.29) is 17.7 Å². The van der Waals surface area contributed by atoms with Crippen LogP contribution < -0.4 is 5.32 Å². The standard InChI is InChI=1S/C13H17N3O3/c1-8-5-15-11(6-14-8)7-16-12(17)9-2-3-10(4-9)13(18)19/h5-6,9-10H,2-4,7H2,1H3,(H,16,17)(H,18,19)/t9-,10+/m1/s1. The first kappa shape index (κ1) is 13.5. The highest BCUT2D eigenvalue weighted by Gasteiger charge is 2.33. The number of amides is 1. The van der Waals surface area contributed by atoms with Crippen molar-refractivity contribution in [3.63, 3.8) is 0 Å². The minimum atomic E-state index is -0.806. The molecule has 0 bridgehead atoms. The van der Waals surface area contributed by atoms with Gasteiger partial charge in [0, 0.05) is 12.1 Å². The van der Waals surface area contributed by atoms with Crippen LogP contribution in [-0.2, 0) is 16.1 Å². The van der Waals surface area contributed by atoms with Crippen LogP contribution in [0.15, 0.2) is 12.4 Å². The number of aliphatic carboxylic acids is 1. The van der Waals surface area contributed by atoms with E-state index in [0.717, 1.165) is 5.69 Å². The maximum absolute atomic E-state index is 11.9. The van der Waals surface area contributed by atoms with E-state index in [2.05, 4.69) is 15.3 Å². The third-order valence-electron chi connectivity index (χ3n) is 3.43. The van der Waals surface area contributed by atoms with Gasteiger partial charge < -0.3 is 10.4 Å². The van der Waals surface area contributed by atoms with E-state index in [4.69, 9.17) is 5.11 Å². The first-order chi connectivity index (χ1) is 9.06. The van der Waals surface area contributed by atoms with Gasteiger partial charge in [0.15, 0.2) is 0 Å². The minimum absolute atomic E-state index is 0.0916. The Bertz CT molecular complexity index is 473. The van der Waals surface area contributed by atoms with Crippen LogP contribution in [0.4, 0.5) is 0 Å². The van der Waals surface area contributed by atoms with Crippen molar-refractivity contribution in [3.8, 4) is 0 Å². The number of aryl methyl sites for hydroxylation is 1. The number of nitrogens with zero attached hydrogens (tertiary/aromatic N) is 2. The Morgan fingerprint density at radius 2 is 2.05 bits per heavy atom. The molecule has 2 N–H and O–H groups in total. The number of hydrogen-bond acceptors (Lipinski definition) is 4. The Kier molecular flexibility index (Phi) is 4.09. The van der Waals surface area contributed by atoms with Crippen molar-refractivity contribution in [2.24, 2.45) is 11.8 Å². The van der Waals surface area contributed by atoms with Crippen LogP contribution in [0.25, 0.3) is 0 Å². The normalized spacial score (nSPS) is 22.2. The summed E-state index contributed by atoms with van der Waals surface area (Å²) in [6.45, 7) is 2.18. The van der Waals surface area contributed by atoms with Crippen LogP contribution in [0.2, 0.25) is 0 Å². The summed E-state index contributed by atoms with van der Waals surface area (Å²) in [6.07, 6.45) is 4.93. The smallest absolute Gasteiger partial charge is 0.306 e. The highest BCUT2D eigenvalue weighted by atomic mass is 16.4. The molecule has 1 aromatic rings. The molecule has 0 aromatic carbocycles. The highest BCUT2D eigenvalue weighted by molar-refractivity contribution is 5.80. The molecule has 19 heavy (non-hydrogen) atoms. The number of rotatable bonds is 4. The van der Waals surface area contributed by atoms with E-state index in [9.17, 15) is 9.59 Å². The largest absolute Gasteiger partial charge is 0.481 e. The Morgan fingerprint density at radius 1 is 1.32 bits per heavy atom. The molecule has 1 fully saturated rings. The Labute approximate surface area is 111 Å². The van der Waals surface area contributed by atoms with E-state index in [1.54, 1.807) is 12.4 Å². The SMILES string of the molecule is Cc1cnc(CNC(=O)[C@@H]2CC[C@H](C(=O)O)C2)cn1. The molecule has 0 saturated heterocycles. The third kappa shape index (κ3) is 3.49. The molecule has 2 rings (SSSR count). The van der Waals surface area contributed by atoms with Crippen molar-refractivity contribution < 1.29 is 14.7 Å². The number of carbonyl (C=O) groups excluding carboxylic acids is 1. The maximum Gasteiger partial charge on any atom is 0.306 e. The summed E-state index contributed by atoms with van der Waals surface area (Å²) in [6, 6.07) is 0. The topological polar surface area (TPSA) is 92.2 Å². The fraction of sp³-hybridized carbons (Fsp3) is 0.538. The number of carboxylic acids is 1. The number of carboxylic acid groups (broad SMARTS) is 1. The van der Waals surface area contributed by atoms with Gasteiger partial charge >= 0.3 is 5.97 Å². The van der Waals surface area contributed by atoms with Crippen molar-refractivity contribution in [1.82, 2.24) is 15.3 Å². The van der Waals surface area contributed by atoms with Gasteiger partial charge in [0.05, 0.1) is 30.0 Å². The van der Waals surface area contributed by atoms with Gasteiger partial charge in [-0.1, -0.05) is 0 Å². The minimum Gasteiger partial charge on any atom is -0.481 e. The van der Waals surface area contributed by atoms with Crippen molar-refractivity contribution >= 4 is 11.9 Å². The second kappa shape index (κ2) is 5.77. The van der Waals surface area contributed by atoms with Gasteiger partial charge in [0.2, 0.25) is 5.91 Å². The molecule has 2 atom stereocenters. The Morgan fingerprint density at radius 3 is 2.63 bits per heavy atom. The van der Waals surface area contributed by atoms with Gasteiger partial charge in [-0.05, 0) is 26.2 Å². The lowest BCUT2D eigenvalue weighted by Gasteiger charge is -2.10. The fourth-order valence-corrected chi connectivity index (χ4v) is 2.28. The summed E-state index contributed by atoms with van der Waals surface area (Å²) in [5.74, 6) is -1.47. The highest BCUT2D eigenvalue weighted by Crippen LogP contribution is 2.31. The molecule has 0 unspecified atom stereocenters. The predicted octanol–water partition coefficient (Wildman–Crippen LogP) is 0.902. The van der Waals surface area contributed by atoms with Crippen LogP contribution in [0.3, 0.4) is 0 Å². The molecule has 1 heterocycles. The van der Waals surface area contributed by atoms with Gasteiger partial charge in [-0.25, -0.2) is 0 Å². The lowest BCUT2D eigenvalue weighted by atomic mass is 10.0. The molecule has 1 aliphatic carbocycles. The summed E-state index contributed by atoms with van der Waals surface area (Å²) in [7, 11) is 0. The van der Waals surface area contributed by atoms with Crippen molar-refractivity contribution in [3.05, 3.63) is 23.8 Å². The van der Waals surface area contributed by atoms with Crippen molar-refractivity contribution in [2.45, 2.75) is 32.7 Å². The van der Waals surface area contributed by atoms with Gasteiger partial charge in [0.25, 0.3) is 0 Å². The molecule has 1 saturated carbocycles. The monoisotopic (exact) mass is 263 g/mol. The number of carbonyl (C=O) groups is 2. The molecule has 6 heteroatoms. The van der Waals surface area contributed by atoms with Crippen molar-refractivity contribution in [1.29, 1.82) is 0 Å². The fourth-order valence-electron chi connectivity index (χ4n) is 2.28. The number of aromatic nitrogens is 2. The van der Waals surface area contributed by atoms with E-state index in [0.29, 0.717) is 31.5 Å². The quantitative estimate of drug-likeness (QED) is 0.842. The zero-order valence-electron chi connectivity index (χ0n) is 10.8. The van der Waals surface area contributed by atoms with Gasteiger partial charge in [-0.3, -0.25) is 19.6 Å². The van der Waals surface area contributed by atoms with E-state index in [1.807, 2.05) is 6.92 Å². The summed E-state index contributed by atoms with van der Waals surface area (Å²) in [5, 5.41) is 11.7. The maximum atomic E-state index is 11.9. The first-order valence-corrected chi connectivity index (χ1v) is 6.34.